The van der Waals surface area contributed by atoms with Crippen molar-refractivity contribution in [2.75, 3.05) is 6.54 Å². The molecule has 7 nitrogen and oxygen atoms in total. The summed E-state index contributed by atoms with van der Waals surface area (Å²) in [4.78, 5) is 14.7. The summed E-state index contributed by atoms with van der Waals surface area (Å²) in [6, 6.07) is 11.4. The van der Waals surface area contributed by atoms with E-state index in [9.17, 15) is 9.90 Å². The van der Waals surface area contributed by atoms with Crippen molar-refractivity contribution in [3.8, 4) is 5.88 Å². The standard InChI is InChI=1S/C24H28N4O3/c1-23(2)11-16-12-24(3,13-23)14-27(16)15-28-18-8-5-4-7-17(18)20(22(28)30)25-26-21(29)19-9-6-10-31-19/h4-10,16,30H,11-15H2,1-3H3/t16?,24-/m1/s1. The Morgan fingerprint density at radius 3 is 2.77 bits per heavy atom. The van der Waals surface area contributed by atoms with Gasteiger partial charge in [0.05, 0.1) is 18.4 Å². The van der Waals surface area contributed by atoms with Crippen LogP contribution in [0.5, 0.6) is 5.88 Å². The molecule has 1 N–H and O–H groups in total. The molecule has 2 aromatic heterocycles. The molecular formula is C24H28N4O3. The van der Waals surface area contributed by atoms with Crippen LogP contribution < -0.4 is 0 Å². The van der Waals surface area contributed by atoms with Gasteiger partial charge in [-0.1, -0.05) is 39.0 Å². The molecule has 0 radical (unpaired) electrons. The number of para-hydroxylation sites is 1. The van der Waals surface area contributed by atoms with Crippen LogP contribution in [0, 0.1) is 10.8 Å². The number of nitrogens with zero attached hydrogens (tertiary/aromatic N) is 4. The van der Waals surface area contributed by atoms with Gasteiger partial charge in [-0.2, -0.15) is 0 Å². The molecular weight excluding hydrogens is 392 g/mol. The van der Waals surface area contributed by atoms with Gasteiger partial charge in [0.15, 0.2) is 11.4 Å². The Balaban J connectivity index is 1.48. The SMILES string of the molecule is CC1(C)CC2C[C@@](C)(CN2Cn2c(O)c(N=NC(=O)c3ccco3)c3ccccc32)C1. The normalized spacial score (nSPS) is 25.6. The van der Waals surface area contributed by atoms with Crippen molar-refractivity contribution in [1.29, 1.82) is 0 Å². The summed E-state index contributed by atoms with van der Waals surface area (Å²) in [7, 11) is 0. The number of furan rings is 1. The summed E-state index contributed by atoms with van der Waals surface area (Å²) < 4.78 is 6.97. The van der Waals surface area contributed by atoms with Crippen LogP contribution in [-0.2, 0) is 6.67 Å². The zero-order chi connectivity index (χ0) is 21.8. The maximum atomic E-state index is 12.2. The Morgan fingerprint density at radius 2 is 2.00 bits per heavy atom. The van der Waals surface area contributed by atoms with E-state index < -0.39 is 5.91 Å². The van der Waals surface area contributed by atoms with Crippen molar-refractivity contribution in [1.82, 2.24) is 9.47 Å². The van der Waals surface area contributed by atoms with E-state index in [-0.39, 0.29) is 11.6 Å². The summed E-state index contributed by atoms with van der Waals surface area (Å²) in [5.74, 6) is -0.431. The molecule has 2 aliphatic rings. The second-order valence-electron chi connectivity index (χ2n) is 10.2. The molecule has 2 atom stereocenters. The van der Waals surface area contributed by atoms with Crippen molar-refractivity contribution < 1.29 is 14.3 Å². The number of aromatic nitrogens is 1. The Hall–Kier alpha value is -2.93. The Morgan fingerprint density at radius 1 is 1.19 bits per heavy atom. The smallest absolute Gasteiger partial charge is 0.331 e. The van der Waals surface area contributed by atoms with Crippen LogP contribution in [0.3, 0.4) is 0 Å². The number of fused-ring (bicyclic) bond motifs is 3. The molecule has 2 bridgehead atoms. The van der Waals surface area contributed by atoms with Crippen molar-refractivity contribution in [3.05, 3.63) is 48.4 Å². The summed E-state index contributed by atoms with van der Waals surface area (Å²) in [6.07, 6.45) is 4.99. The topological polar surface area (TPSA) is 83.3 Å². The van der Waals surface area contributed by atoms with Gasteiger partial charge >= 0.3 is 5.91 Å². The van der Waals surface area contributed by atoms with Gasteiger partial charge in [-0.05, 0) is 48.3 Å². The molecule has 31 heavy (non-hydrogen) atoms. The minimum absolute atomic E-state index is 0.0306. The Bertz CT molecular complexity index is 1160. The number of carbonyl (C=O) groups is 1. The molecule has 1 aromatic carbocycles. The van der Waals surface area contributed by atoms with Gasteiger partial charge in [0, 0.05) is 18.0 Å². The quantitative estimate of drug-likeness (QED) is 0.547. The third-order valence-corrected chi connectivity index (χ3v) is 6.74. The second-order valence-corrected chi connectivity index (χ2v) is 10.2. The Labute approximate surface area is 181 Å². The predicted octanol–water partition coefficient (Wildman–Crippen LogP) is 5.72. The van der Waals surface area contributed by atoms with Crippen LogP contribution in [0.25, 0.3) is 10.9 Å². The third kappa shape index (κ3) is 3.57. The van der Waals surface area contributed by atoms with Crippen molar-refractivity contribution in [2.45, 2.75) is 52.7 Å². The molecule has 162 valence electrons. The van der Waals surface area contributed by atoms with Gasteiger partial charge in [0.2, 0.25) is 5.88 Å². The molecule has 3 heterocycles. The van der Waals surface area contributed by atoms with E-state index in [1.165, 1.54) is 25.2 Å². The van der Waals surface area contributed by atoms with Gasteiger partial charge in [-0.15, -0.1) is 10.2 Å². The lowest BCUT2D eigenvalue weighted by atomic mass is 9.65. The second kappa shape index (κ2) is 7.05. The predicted molar refractivity (Wildman–Crippen MR) is 117 cm³/mol. The molecule has 2 fully saturated rings. The molecule has 1 aliphatic heterocycles. The van der Waals surface area contributed by atoms with Gasteiger partial charge in [-0.3, -0.25) is 14.3 Å². The zero-order valence-corrected chi connectivity index (χ0v) is 18.2. The van der Waals surface area contributed by atoms with Crippen LogP contribution >= 0.6 is 0 Å². The van der Waals surface area contributed by atoms with E-state index >= 15 is 0 Å². The highest BCUT2D eigenvalue weighted by Crippen LogP contribution is 2.53. The third-order valence-electron chi connectivity index (χ3n) is 6.74. The van der Waals surface area contributed by atoms with Crippen molar-refractivity contribution >= 4 is 22.5 Å². The van der Waals surface area contributed by atoms with E-state index in [1.54, 1.807) is 6.07 Å². The lowest BCUT2D eigenvalue weighted by Crippen LogP contribution is -2.35. The van der Waals surface area contributed by atoms with E-state index in [4.69, 9.17) is 4.42 Å². The number of benzene rings is 1. The van der Waals surface area contributed by atoms with Crippen molar-refractivity contribution in [2.24, 2.45) is 21.1 Å². The van der Waals surface area contributed by atoms with Crippen LogP contribution in [0.15, 0.2) is 57.3 Å². The first-order valence-electron chi connectivity index (χ1n) is 10.8. The summed E-state index contributed by atoms with van der Waals surface area (Å²) in [5.41, 5.74) is 1.83. The monoisotopic (exact) mass is 420 g/mol. The van der Waals surface area contributed by atoms with E-state index in [0.717, 1.165) is 23.9 Å². The fraction of sp³-hybridized carbons (Fsp3) is 0.458. The minimum atomic E-state index is -0.579. The molecule has 1 saturated heterocycles. The average Bonchev–Trinajstić information content (AvgIpc) is 3.37. The number of hydrogen-bond acceptors (Lipinski definition) is 5. The number of azo groups is 1. The molecule has 0 spiro atoms. The molecule has 1 aliphatic carbocycles. The van der Waals surface area contributed by atoms with Crippen molar-refractivity contribution in [3.63, 3.8) is 0 Å². The summed E-state index contributed by atoms with van der Waals surface area (Å²) in [5, 5.41) is 19.7. The number of amides is 1. The minimum Gasteiger partial charge on any atom is -0.493 e. The molecule has 1 unspecified atom stereocenters. The molecule has 5 rings (SSSR count). The average molecular weight is 421 g/mol. The molecule has 1 amide bonds. The molecule has 7 heteroatoms. The first-order chi connectivity index (χ1) is 14.7. The first kappa shape index (κ1) is 20.0. The van der Waals surface area contributed by atoms with Gasteiger partial charge in [-0.25, -0.2) is 0 Å². The lowest BCUT2D eigenvalue weighted by molar-refractivity contribution is 0.0968. The van der Waals surface area contributed by atoms with Crippen LogP contribution in [-0.4, -0.2) is 33.1 Å². The van der Waals surface area contributed by atoms with Crippen LogP contribution in [0.4, 0.5) is 5.69 Å². The van der Waals surface area contributed by atoms with Gasteiger partial charge in [0.1, 0.15) is 0 Å². The van der Waals surface area contributed by atoms with Crippen LogP contribution in [0.2, 0.25) is 0 Å². The van der Waals surface area contributed by atoms with E-state index in [2.05, 4.69) is 35.9 Å². The summed E-state index contributed by atoms with van der Waals surface area (Å²) >= 11 is 0. The number of aromatic hydroxyl groups is 1. The van der Waals surface area contributed by atoms with E-state index in [1.807, 2.05) is 28.8 Å². The number of likely N-dealkylation sites (tertiary alicyclic amines) is 1. The fourth-order valence-electron chi connectivity index (χ4n) is 5.98. The number of rotatable bonds is 4. The van der Waals surface area contributed by atoms with Gasteiger partial charge < -0.3 is 9.52 Å². The lowest BCUT2D eigenvalue weighted by Gasteiger charge is -2.40. The fourth-order valence-corrected chi connectivity index (χ4v) is 5.98. The molecule has 3 aromatic rings. The highest BCUT2D eigenvalue weighted by Gasteiger charge is 2.49. The highest BCUT2D eigenvalue weighted by molar-refractivity contribution is 5.96. The first-order valence-corrected chi connectivity index (χ1v) is 10.8. The Kier molecular flexibility index (Phi) is 4.55. The number of hydrogen-bond donors (Lipinski definition) is 1. The maximum Gasteiger partial charge on any atom is 0.331 e. The highest BCUT2D eigenvalue weighted by atomic mass is 16.3. The number of carbonyl (C=O) groups excluding carboxylic acids is 1. The largest absolute Gasteiger partial charge is 0.493 e. The summed E-state index contributed by atoms with van der Waals surface area (Å²) in [6.45, 7) is 8.70. The van der Waals surface area contributed by atoms with E-state index in [0.29, 0.717) is 29.2 Å². The van der Waals surface area contributed by atoms with Crippen LogP contribution in [0.1, 0.15) is 50.6 Å². The molecule has 1 saturated carbocycles. The van der Waals surface area contributed by atoms with Gasteiger partial charge in [0.25, 0.3) is 0 Å². The maximum absolute atomic E-state index is 12.2. The zero-order valence-electron chi connectivity index (χ0n) is 18.2.